The van der Waals surface area contributed by atoms with Crippen LogP contribution in [0.5, 0.6) is 17.2 Å². The van der Waals surface area contributed by atoms with Crippen LogP contribution in [-0.2, 0) is 0 Å². The Morgan fingerprint density at radius 3 is 1.80 bits per heavy atom. The van der Waals surface area contributed by atoms with E-state index >= 15 is 0 Å². The van der Waals surface area contributed by atoms with Gasteiger partial charge in [0, 0.05) is 24.3 Å². The molecule has 0 aromatic heterocycles. The summed E-state index contributed by atoms with van der Waals surface area (Å²) in [6.45, 7) is 11.0. The third-order valence-corrected chi connectivity index (χ3v) is 3.21. The number of rotatable bonds is 8. The van der Waals surface area contributed by atoms with Gasteiger partial charge in [-0.1, -0.05) is 13.2 Å². The first-order chi connectivity index (χ1) is 14.0. The number of nitro benzene ring substituents is 2. The average Bonchev–Trinajstić information content (AvgIpc) is 2.64. The highest BCUT2D eigenvalue weighted by Gasteiger charge is 2.16. The van der Waals surface area contributed by atoms with E-state index in [2.05, 4.69) is 13.2 Å². The molecule has 0 unspecified atom stereocenters. The highest BCUT2D eigenvalue weighted by molar-refractivity contribution is 5.50. The summed E-state index contributed by atoms with van der Waals surface area (Å²) in [7, 11) is 0. The molecule has 0 atom stereocenters. The van der Waals surface area contributed by atoms with Crippen molar-refractivity contribution in [3.05, 3.63) is 86.7 Å². The summed E-state index contributed by atoms with van der Waals surface area (Å²) in [6.07, 6.45) is 0. The van der Waals surface area contributed by atoms with Gasteiger partial charge in [0.05, 0.1) is 9.85 Å². The number of phenols is 1. The van der Waals surface area contributed by atoms with E-state index in [-0.39, 0.29) is 41.8 Å². The maximum absolute atomic E-state index is 12.8. The first kappa shape index (κ1) is 24.1. The first-order valence-corrected chi connectivity index (χ1v) is 8.47. The zero-order valence-electron chi connectivity index (χ0n) is 16.5. The summed E-state index contributed by atoms with van der Waals surface area (Å²) >= 11 is 0. The molecule has 9 nitrogen and oxygen atoms in total. The molecule has 0 saturated carbocycles. The summed E-state index contributed by atoms with van der Waals surface area (Å²) < 4.78 is 23.0. The number of nitrogens with zero attached hydrogens (tertiary/aromatic N) is 2. The van der Waals surface area contributed by atoms with Crippen molar-refractivity contribution in [3.63, 3.8) is 0 Å². The number of hydrogen-bond donors (Lipinski definition) is 1. The van der Waals surface area contributed by atoms with Crippen molar-refractivity contribution in [1.29, 1.82) is 0 Å². The molecule has 0 bridgehead atoms. The number of hydrogen-bond acceptors (Lipinski definition) is 7. The van der Waals surface area contributed by atoms with Crippen LogP contribution < -0.4 is 9.47 Å². The molecule has 0 heterocycles. The number of ether oxygens (including phenoxy) is 2. The van der Waals surface area contributed by atoms with E-state index in [0.29, 0.717) is 5.57 Å². The van der Waals surface area contributed by atoms with E-state index in [0.717, 1.165) is 23.8 Å². The molecular weight excluding hydrogens is 399 g/mol. The Hall–Kier alpha value is -3.95. The Kier molecular flexibility index (Phi) is 8.95. The maximum atomic E-state index is 12.8. The van der Waals surface area contributed by atoms with E-state index < -0.39 is 15.7 Å². The molecule has 2 aromatic carbocycles. The molecule has 160 valence electrons. The summed E-state index contributed by atoms with van der Waals surface area (Å²) in [5.74, 6) is -0.680. The van der Waals surface area contributed by atoms with Gasteiger partial charge in [-0.3, -0.25) is 20.2 Å². The topological polar surface area (TPSA) is 125 Å². The lowest BCUT2D eigenvalue weighted by molar-refractivity contribution is -0.386. The number of nitro groups is 2. The summed E-state index contributed by atoms with van der Waals surface area (Å²) in [5.41, 5.74) is 1.02. The van der Waals surface area contributed by atoms with E-state index in [1.54, 1.807) is 13.8 Å². The highest BCUT2D eigenvalue weighted by atomic mass is 19.1. The van der Waals surface area contributed by atoms with Crippen LogP contribution >= 0.6 is 0 Å². The Labute approximate surface area is 172 Å². The van der Waals surface area contributed by atoms with Crippen LogP contribution in [0.2, 0.25) is 0 Å². The summed E-state index contributed by atoms with van der Waals surface area (Å²) in [6, 6.07) is 6.73. The molecule has 0 fully saturated rings. The van der Waals surface area contributed by atoms with Crippen molar-refractivity contribution in [1.82, 2.24) is 0 Å². The lowest BCUT2D eigenvalue weighted by Crippen LogP contribution is -2.01. The van der Waals surface area contributed by atoms with Crippen LogP contribution in [0.25, 0.3) is 0 Å². The molecule has 0 aliphatic carbocycles. The van der Waals surface area contributed by atoms with Crippen LogP contribution in [0.1, 0.15) is 13.8 Å². The van der Waals surface area contributed by atoms with Gasteiger partial charge < -0.3 is 14.6 Å². The second-order valence-corrected chi connectivity index (χ2v) is 6.27. The molecule has 2 rings (SSSR count). The Morgan fingerprint density at radius 1 is 0.933 bits per heavy atom. The second-order valence-electron chi connectivity index (χ2n) is 6.27. The fourth-order valence-corrected chi connectivity index (χ4v) is 1.93. The largest absolute Gasteiger partial charge is 0.508 e. The van der Waals surface area contributed by atoms with Crippen molar-refractivity contribution in [3.8, 4) is 17.2 Å². The smallest absolute Gasteiger partial charge is 0.311 e. The first-order valence-electron chi connectivity index (χ1n) is 8.47. The summed E-state index contributed by atoms with van der Waals surface area (Å²) in [4.78, 5) is 20.0. The Morgan fingerprint density at radius 2 is 1.37 bits per heavy atom. The minimum Gasteiger partial charge on any atom is -0.508 e. The minimum atomic E-state index is -0.618. The molecule has 0 saturated heterocycles. The van der Waals surface area contributed by atoms with Gasteiger partial charge in [0.2, 0.25) is 5.75 Å². The van der Waals surface area contributed by atoms with E-state index in [9.17, 15) is 24.6 Å². The van der Waals surface area contributed by atoms with Crippen LogP contribution in [0, 0.1) is 26.0 Å². The Balaban J connectivity index is 0.000000300. The molecule has 0 radical (unpaired) electrons. The van der Waals surface area contributed by atoms with Gasteiger partial charge in [-0.2, -0.15) is 0 Å². The van der Waals surface area contributed by atoms with Gasteiger partial charge in [-0.05, 0) is 37.1 Å². The Bertz CT molecular complexity index is 883. The van der Waals surface area contributed by atoms with Gasteiger partial charge in [0.25, 0.3) is 0 Å². The lowest BCUT2D eigenvalue weighted by Gasteiger charge is -2.06. The molecule has 0 aliphatic rings. The maximum Gasteiger partial charge on any atom is 0.311 e. The normalized spacial score (nSPS) is 9.70. The van der Waals surface area contributed by atoms with E-state index in [4.69, 9.17) is 14.6 Å². The van der Waals surface area contributed by atoms with Crippen LogP contribution in [0.4, 0.5) is 15.8 Å². The SMILES string of the molecule is C=C(C)COc1cc(F)ccc1[N+](=O)[O-].C=C(C)COc1cc(O)ccc1[N+](=O)[O-]. The fraction of sp³-hybridized carbons (Fsp3) is 0.200. The zero-order valence-corrected chi connectivity index (χ0v) is 16.5. The zero-order chi connectivity index (χ0) is 22.8. The van der Waals surface area contributed by atoms with Crippen LogP contribution in [0.15, 0.2) is 60.7 Å². The molecule has 0 amide bonds. The predicted octanol–water partition coefficient (Wildman–Crippen LogP) is 4.94. The van der Waals surface area contributed by atoms with Crippen molar-refractivity contribution in [2.45, 2.75) is 13.8 Å². The van der Waals surface area contributed by atoms with E-state index in [1.807, 2.05) is 0 Å². The lowest BCUT2D eigenvalue weighted by atomic mass is 10.3. The molecule has 1 N–H and O–H groups in total. The third kappa shape index (κ3) is 7.97. The van der Waals surface area contributed by atoms with Gasteiger partial charge in [-0.15, -0.1) is 0 Å². The van der Waals surface area contributed by atoms with Crippen molar-refractivity contribution in [2.75, 3.05) is 13.2 Å². The molecule has 10 heteroatoms. The number of halogens is 1. The average molecular weight is 420 g/mol. The van der Waals surface area contributed by atoms with Gasteiger partial charge in [0.1, 0.15) is 24.8 Å². The highest BCUT2D eigenvalue weighted by Crippen LogP contribution is 2.30. The van der Waals surface area contributed by atoms with Crippen LogP contribution in [-0.4, -0.2) is 28.2 Å². The van der Waals surface area contributed by atoms with Crippen molar-refractivity contribution >= 4 is 11.4 Å². The van der Waals surface area contributed by atoms with Gasteiger partial charge in [0.15, 0.2) is 5.75 Å². The minimum absolute atomic E-state index is 0.0444. The monoisotopic (exact) mass is 420 g/mol. The van der Waals surface area contributed by atoms with Crippen molar-refractivity contribution < 1.29 is 28.8 Å². The molecule has 0 spiro atoms. The molecular formula is C20H21FN2O7. The number of phenolic OH excluding ortho intramolecular Hbond substituents is 1. The molecule has 30 heavy (non-hydrogen) atoms. The standard InChI is InChI=1S/C10H10FNO3.C10H11NO4/c1-7(2)6-15-10-5-8(11)3-4-9(10)12(13)14;1-7(2)6-15-10-5-8(12)3-4-9(10)11(13)14/h3-5H,1,6H2,2H3;3-5,12H,1,6H2,2H3. The summed E-state index contributed by atoms with van der Waals surface area (Å²) in [5, 5.41) is 30.3. The van der Waals surface area contributed by atoms with Gasteiger partial charge in [-0.25, -0.2) is 4.39 Å². The predicted molar refractivity (Wildman–Crippen MR) is 108 cm³/mol. The second kappa shape index (κ2) is 11.1. The molecule has 2 aromatic rings. The van der Waals surface area contributed by atoms with Crippen molar-refractivity contribution in [2.24, 2.45) is 0 Å². The quantitative estimate of drug-likeness (QED) is 0.364. The number of benzene rings is 2. The van der Waals surface area contributed by atoms with Crippen LogP contribution in [0.3, 0.4) is 0 Å². The van der Waals surface area contributed by atoms with E-state index in [1.165, 1.54) is 18.2 Å². The number of aromatic hydroxyl groups is 1. The molecule has 0 aliphatic heterocycles. The fourth-order valence-electron chi connectivity index (χ4n) is 1.93. The third-order valence-electron chi connectivity index (χ3n) is 3.21. The van der Waals surface area contributed by atoms with Gasteiger partial charge >= 0.3 is 11.4 Å².